The van der Waals surface area contributed by atoms with Crippen molar-refractivity contribution in [2.45, 2.75) is 6.92 Å². The lowest BCUT2D eigenvalue weighted by Gasteiger charge is -1.99. The van der Waals surface area contributed by atoms with Crippen LogP contribution in [0.2, 0.25) is 5.02 Å². The third-order valence-electron chi connectivity index (χ3n) is 1.23. The number of halogens is 3. The number of rotatable bonds is 1. The van der Waals surface area contributed by atoms with Crippen LogP contribution in [-0.2, 0) is 0 Å². The first-order valence-corrected chi connectivity index (χ1v) is 4.53. The highest BCUT2D eigenvalue weighted by molar-refractivity contribution is 9.10. The van der Waals surface area contributed by atoms with Crippen LogP contribution in [-0.4, -0.2) is 5.84 Å². The molecule has 0 amide bonds. The van der Waals surface area contributed by atoms with E-state index in [1.807, 2.05) is 18.2 Å². The second kappa shape index (κ2) is 5.47. The van der Waals surface area contributed by atoms with Gasteiger partial charge in [0.2, 0.25) is 0 Å². The van der Waals surface area contributed by atoms with Gasteiger partial charge in [0.15, 0.2) is 0 Å². The van der Waals surface area contributed by atoms with Gasteiger partial charge in [-0.15, -0.1) is 12.4 Å². The summed E-state index contributed by atoms with van der Waals surface area (Å²) in [5, 5.41) is 0.585. The van der Waals surface area contributed by atoms with Gasteiger partial charge in [0.1, 0.15) is 0 Å². The Morgan fingerprint density at radius 3 is 2.69 bits per heavy atom. The van der Waals surface area contributed by atoms with Crippen molar-refractivity contribution in [1.29, 1.82) is 0 Å². The summed E-state index contributed by atoms with van der Waals surface area (Å²) in [7, 11) is 0. The molecule has 72 valence electrons. The van der Waals surface area contributed by atoms with Crippen molar-refractivity contribution in [2.24, 2.45) is 10.7 Å². The minimum Gasteiger partial charge on any atom is -0.387 e. The molecule has 2 nitrogen and oxygen atoms in total. The van der Waals surface area contributed by atoms with Gasteiger partial charge >= 0.3 is 0 Å². The Hall–Kier alpha value is -0.250. The van der Waals surface area contributed by atoms with Crippen molar-refractivity contribution in [3.8, 4) is 0 Å². The lowest BCUT2D eigenvalue weighted by molar-refractivity contribution is 1.44. The van der Waals surface area contributed by atoms with Gasteiger partial charge in [-0.3, -0.25) is 0 Å². The zero-order valence-electron chi connectivity index (χ0n) is 6.92. The zero-order chi connectivity index (χ0) is 9.14. The van der Waals surface area contributed by atoms with Crippen molar-refractivity contribution in [3.05, 3.63) is 27.7 Å². The summed E-state index contributed by atoms with van der Waals surface area (Å²) >= 11 is 9.22. The average molecular weight is 284 g/mol. The summed E-state index contributed by atoms with van der Waals surface area (Å²) < 4.78 is 0.826. The fraction of sp³-hybridized carbons (Fsp3) is 0.125. The highest BCUT2D eigenvalue weighted by Crippen LogP contribution is 2.31. The molecule has 0 heterocycles. The van der Waals surface area contributed by atoms with E-state index in [1.54, 1.807) is 6.92 Å². The second-order valence-corrected chi connectivity index (χ2v) is 3.56. The summed E-state index contributed by atoms with van der Waals surface area (Å²) in [6.07, 6.45) is 0. The summed E-state index contributed by atoms with van der Waals surface area (Å²) in [6, 6.07) is 5.52. The number of hydrogen-bond acceptors (Lipinski definition) is 1. The van der Waals surface area contributed by atoms with Crippen molar-refractivity contribution >= 4 is 51.5 Å². The van der Waals surface area contributed by atoms with Crippen LogP contribution in [0.4, 0.5) is 5.69 Å². The topological polar surface area (TPSA) is 38.4 Å². The third kappa shape index (κ3) is 3.55. The molecular weight excluding hydrogens is 275 g/mol. The molecule has 0 saturated heterocycles. The molecular formula is C8H9BrCl2N2. The SMILES string of the molecule is CC(N)=Nc1cccc(Br)c1Cl.Cl. The van der Waals surface area contributed by atoms with E-state index in [0.29, 0.717) is 16.5 Å². The number of benzene rings is 1. The standard InChI is InChI=1S/C8H8BrClN2.ClH/c1-5(11)12-7-4-2-3-6(9)8(7)10;/h2-4H,1H3,(H2,11,12);1H. The molecule has 1 aromatic rings. The number of amidine groups is 1. The van der Waals surface area contributed by atoms with E-state index in [1.165, 1.54) is 0 Å². The molecule has 2 N–H and O–H groups in total. The smallest absolute Gasteiger partial charge is 0.0965 e. The van der Waals surface area contributed by atoms with E-state index >= 15 is 0 Å². The molecule has 0 atom stereocenters. The summed E-state index contributed by atoms with van der Waals surface area (Å²) in [5.74, 6) is 0.495. The number of nitrogens with zero attached hydrogens (tertiary/aromatic N) is 1. The predicted octanol–water partition coefficient (Wildman–Crippen LogP) is 3.53. The second-order valence-electron chi connectivity index (χ2n) is 2.33. The minimum atomic E-state index is 0. The Morgan fingerprint density at radius 1 is 1.54 bits per heavy atom. The Morgan fingerprint density at radius 2 is 2.15 bits per heavy atom. The van der Waals surface area contributed by atoms with Gasteiger partial charge in [0, 0.05) is 4.47 Å². The molecule has 0 aliphatic carbocycles. The molecule has 0 aliphatic rings. The first kappa shape index (κ1) is 12.8. The fourth-order valence-corrected chi connectivity index (χ4v) is 1.29. The number of hydrogen-bond donors (Lipinski definition) is 1. The van der Waals surface area contributed by atoms with E-state index in [-0.39, 0.29) is 12.4 Å². The predicted molar refractivity (Wildman–Crippen MR) is 63.4 cm³/mol. The molecule has 0 aromatic heterocycles. The van der Waals surface area contributed by atoms with Crippen LogP contribution in [0.25, 0.3) is 0 Å². The van der Waals surface area contributed by atoms with E-state index in [9.17, 15) is 0 Å². The van der Waals surface area contributed by atoms with E-state index in [4.69, 9.17) is 17.3 Å². The van der Waals surface area contributed by atoms with Crippen LogP contribution in [0.15, 0.2) is 27.7 Å². The van der Waals surface area contributed by atoms with Crippen molar-refractivity contribution in [3.63, 3.8) is 0 Å². The summed E-state index contributed by atoms with van der Waals surface area (Å²) in [4.78, 5) is 4.05. The third-order valence-corrected chi connectivity index (χ3v) is 2.51. The highest BCUT2D eigenvalue weighted by atomic mass is 79.9. The maximum atomic E-state index is 5.93. The van der Waals surface area contributed by atoms with Crippen LogP contribution in [0, 0.1) is 0 Å². The molecule has 0 fully saturated rings. The fourth-order valence-electron chi connectivity index (χ4n) is 0.769. The number of nitrogens with two attached hydrogens (primary N) is 1. The molecule has 0 unspecified atom stereocenters. The van der Waals surface area contributed by atoms with Crippen LogP contribution < -0.4 is 5.73 Å². The Bertz CT molecular complexity index is 322. The van der Waals surface area contributed by atoms with Gasteiger partial charge in [-0.25, -0.2) is 4.99 Å². The molecule has 13 heavy (non-hydrogen) atoms. The van der Waals surface area contributed by atoms with Crippen LogP contribution in [0.1, 0.15) is 6.92 Å². The molecule has 5 heteroatoms. The van der Waals surface area contributed by atoms with Gasteiger partial charge in [-0.1, -0.05) is 17.7 Å². The van der Waals surface area contributed by atoms with Gasteiger partial charge in [-0.05, 0) is 35.0 Å². The monoisotopic (exact) mass is 282 g/mol. The van der Waals surface area contributed by atoms with Crippen molar-refractivity contribution in [1.82, 2.24) is 0 Å². The average Bonchev–Trinajstić information content (AvgIpc) is 1.98. The van der Waals surface area contributed by atoms with Crippen molar-refractivity contribution in [2.75, 3.05) is 0 Å². The lowest BCUT2D eigenvalue weighted by Crippen LogP contribution is -2.03. The quantitative estimate of drug-likeness (QED) is 0.621. The Balaban J connectivity index is 0.00000144. The molecule has 0 bridgehead atoms. The van der Waals surface area contributed by atoms with Crippen LogP contribution >= 0.6 is 39.9 Å². The zero-order valence-corrected chi connectivity index (χ0v) is 10.1. The van der Waals surface area contributed by atoms with Gasteiger partial charge in [0.05, 0.1) is 16.5 Å². The van der Waals surface area contributed by atoms with Crippen LogP contribution in [0.3, 0.4) is 0 Å². The molecule has 0 spiro atoms. The minimum absolute atomic E-state index is 0. The molecule has 0 radical (unpaired) electrons. The van der Waals surface area contributed by atoms with E-state index in [0.717, 1.165) is 4.47 Å². The first-order chi connectivity index (χ1) is 5.61. The normalized spacial score (nSPS) is 10.8. The lowest BCUT2D eigenvalue weighted by atomic mass is 10.3. The Kier molecular flexibility index (Phi) is 5.37. The maximum Gasteiger partial charge on any atom is 0.0965 e. The molecule has 0 saturated carbocycles. The van der Waals surface area contributed by atoms with Crippen LogP contribution in [0.5, 0.6) is 0 Å². The Labute approximate surface area is 96.7 Å². The van der Waals surface area contributed by atoms with Gasteiger partial charge in [0.25, 0.3) is 0 Å². The highest BCUT2D eigenvalue weighted by Gasteiger charge is 2.01. The van der Waals surface area contributed by atoms with E-state index in [2.05, 4.69) is 20.9 Å². The van der Waals surface area contributed by atoms with E-state index < -0.39 is 0 Å². The van der Waals surface area contributed by atoms with Gasteiger partial charge in [-0.2, -0.15) is 0 Å². The summed E-state index contributed by atoms with van der Waals surface area (Å²) in [5.41, 5.74) is 6.11. The molecule has 1 aromatic carbocycles. The first-order valence-electron chi connectivity index (χ1n) is 3.36. The van der Waals surface area contributed by atoms with Gasteiger partial charge < -0.3 is 5.73 Å². The molecule has 1 rings (SSSR count). The number of aliphatic imine (C=N–C) groups is 1. The largest absolute Gasteiger partial charge is 0.387 e. The van der Waals surface area contributed by atoms with Crippen molar-refractivity contribution < 1.29 is 0 Å². The molecule has 0 aliphatic heterocycles. The maximum absolute atomic E-state index is 5.93. The summed E-state index contributed by atoms with van der Waals surface area (Å²) in [6.45, 7) is 1.72.